The first kappa shape index (κ1) is 12.8. The highest BCUT2D eigenvalue weighted by Gasteiger charge is 2.37. The van der Waals surface area contributed by atoms with Crippen LogP contribution in [-0.4, -0.2) is 17.6 Å². The van der Waals surface area contributed by atoms with Crippen molar-refractivity contribution >= 4 is 11.8 Å². The van der Waals surface area contributed by atoms with E-state index in [4.69, 9.17) is 10.5 Å². The Morgan fingerprint density at radius 1 is 1.47 bits per heavy atom. The Morgan fingerprint density at radius 2 is 2.24 bits per heavy atom. The number of thioether (sulfide) groups is 1. The SMILES string of the molecule is COc1ccc(C)cc1C(N)C1(C)CCCS1. The number of nitrogens with two attached hydrogens (primary N) is 1. The van der Waals surface area contributed by atoms with Crippen LogP contribution in [0.1, 0.15) is 36.9 Å². The van der Waals surface area contributed by atoms with Gasteiger partial charge in [0.1, 0.15) is 5.75 Å². The quantitative estimate of drug-likeness (QED) is 0.895. The molecule has 1 saturated heterocycles. The lowest BCUT2D eigenvalue weighted by Crippen LogP contribution is -2.33. The van der Waals surface area contributed by atoms with E-state index in [1.807, 2.05) is 17.8 Å². The van der Waals surface area contributed by atoms with E-state index in [9.17, 15) is 0 Å². The maximum absolute atomic E-state index is 6.48. The van der Waals surface area contributed by atoms with Crippen LogP contribution < -0.4 is 10.5 Å². The number of rotatable bonds is 3. The lowest BCUT2D eigenvalue weighted by molar-refractivity contribution is 0.396. The van der Waals surface area contributed by atoms with Gasteiger partial charge in [-0.05, 0) is 38.5 Å². The summed E-state index contributed by atoms with van der Waals surface area (Å²) >= 11 is 1.99. The van der Waals surface area contributed by atoms with E-state index in [1.54, 1.807) is 7.11 Å². The summed E-state index contributed by atoms with van der Waals surface area (Å²) in [6.07, 6.45) is 2.46. The van der Waals surface area contributed by atoms with Gasteiger partial charge in [0.15, 0.2) is 0 Å². The molecule has 1 heterocycles. The van der Waals surface area contributed by atoms with Crippen LogP contribution >= 0.6 is 11.8 Å². The molecule has 0 bridgehead atoms. The van der Waals surface area contributed by atoms with E-state index in [-0.39, 0.29) is 10.8 Å². The second-order valence-corrected chi connectivity index (χ2v) is 6.62. The fraction of sp³-hybridized carbons (Fsp3) is 0.571. The van der Waals surface area contributed by atoms with E-state index in [0.717, 1.165) is 11.3 Å². The lowest BCUT2D eigenvalue weighted by Gasteiger charge is -2.31. The van der Waals surface area contributed by atoms with Crippen molar-refractivity contribution in [2.75, 3.05) is 12.9 Å². The first-order valence-electron chi connectivity index (χ1n) is 6.11. The van der Waals surface area contributed by atoms with Gasteiger partial charge in [0.25, 0.3) is 0 Å². The molecule has 3 heteroatoms. The van der Waals surface area contributed by atoms with Gasteiger partial charge >= 0.3 is 0 Å². The highest BCUT2D eigenvalue weighted by atomic mass is 32.2. The molecule has 1 fully saturated rings. The Bertz CT molecular complexity index is 399. The molecule has 0 radical (unpaired) electrons. The van der Waals surface area contributed by atoms with Gasteiger partial charge in [-0.25, -0.2) is 0 Å². The van der Waals surface area contributed by atoms with Gasteiger partial charge in [0, 0.05) is 16.4 Å². The number of benzene rings is 1. The maximum atomic E-state index is 6.48. The zero-order valence-electron chi connectivity index (χ0n) is 10.8. The summed E-state index contributed by atoms with van der Waals surface area (Å²) in [4.78, 5) is 0. The molecule has 17 heavy (non-hydrogen) atoms. The number of methoxy groups -OCH3 is 1. The van der Waals surface area contributed by atoms with Crippen LogP contribution in [0.5, 0.6) is 5.75 Å². The second-order valence-electron chi connectivity index (χ2n) is 4.99. The molecular formula is C14H21NOS. The monoisotopic (exact) mass is 251 g/mol. The Morgan fingerprint density at radius 3 is 2.82 bits per heavy atom. The van der Waals surface area contributed by atoms with Crippen LogP contribution in [0.2, 0.25) is 0 Å². The molecule has 1 aromatic rings. The van der Waals surface area contributed by atoms with Crippen molar-refractivity contribution in [3.05, 3.63) is 29.3 Å². The molecule has 2 nitrogen and oxygen atoms in total. The molecule has 2 unspecified atom stereocenters. The largest absolute Gasteiger partial charge is 0.496 e. The molecule has 0 spiro atoms. The van der Waals surface area contributed by atoms with Crippen LogP contribution in [0, 0.1) is 6.92 Å². The predicted molar refractivity (Wildman–Crippen MR) is 74.8 cm³/mol. The number of ether oxygens (including phenoxy) is 1. The van der Waals surface area contributed by atoms with Crippen molar-refractivity contribution in [2.24, 2.45) is 5.73 Å². The molecule has 0 amide bonds. The summed E-state index contributed by atoms with van der Waals surface area (Å²) in [6.45, 7) is 4.37. The highest BCUT2D eigenvalue weighted by Crippen LogP contribution is 2.47. The Hall–Kier alpha value is -0.670. The molecule has 0 aliphatic carbocycles. The van der Waals surface area contributed by atoms with Crippen LogP contribution in [0.15, 0.2) is 18.2 Å². The third kappa shape index (κ3) is 2.45. The van der Waals surface area contributed by atoms with Crippen LogP contribution in [0.3, 0.4) is 0 Å². The number of hydrogen-bond donors (Lipinski definition) is 1. The molecule has 94 valence electrons. The predicted octanol–water partition coefficient (Wildman–Crippen LogP) is 3.29. The molecule has 0 saturated carbocycles. The summed E-state index contributed by atoms with van der Waals surface area (Å²) < 4.78 is 5.59. The van der Waals surface area contributed by atoms with E-state index in [1.165, 1.54) is 24.2 Å². The molecular weight excluding hydrogens is 230 g/mol. The topological polar surface area (TPSA) is 35.2 Å². The summed E-state index contributed by atoms with van der Waals surface area (Å²) in [7, 11) is 1.71. The minimum atomic E-state index is 0.0462. The van der Waals surface area contributed by atoms with Gasteiger partial charge in [-0.1, -0.05) is 17.7 Å². The molecule has 2 N–H and O–H groups in total. The van der Waals surface area contributed by atoms with E-state index in [2.05, 4.69) is 26.0 Å². The molecule has 1 aliphatic heterocycles. The van der Waals surface area contributed by atoms with Gasteiger partial charge in [0.05, 0.1) is 7.11 Å². The van der Waals surface area contributed by atoms with E-state index >= 15 is 0 Å². The molecule has 2 rings (SSSR count). The van der Waals surface area contributed by atoms with Crippen LogP contribution in [0.25, 0.3) is 0 Å². The minimum absolute atomic E-state index is 0.0462. The number of hydrogen-bond acceptors (Lipinski definition) is 3. The maximum Gasteiger partial charge on any atom is 0.123 e. The standard InChI is InChI=1S/C14H21NOS/c1-10-5-6-12(16-3)11(9-10)13(15)14(2)7-4-8-17-14/h5-6,9,13H,4,7-8,15H2,1-3H3. The summed E-state index contributed by atoms with van der Waals surface area (Å²) in [5, 5.41) is 0. The van der Waals surface area contributed by atoms with Gasteiger partial charge in [-0.15, -0.1) is 0 Å². The van der Waals surface area contributed by atoms with Gasteiger partial charge in [-0.2, -0.15) is 11.8 Å². The third-order valence-corrected chi connectivity index (χ3v) is 5.24. The zero-order chi connectivity index (χ0) is 12.5. The summed E-state index contributed by atoms with van der Waals surface area (Å²) in [5.74, 6) is 2.13. The fourth-order valence-electron chi connectivity index (χ4n) is 2.47. The number of aryl methyl sites for hydroxylation is 1. The van der Waals surface area contributed by atoms with Crippen molar-refractivity contribution in [3.63, 3.8) is 0 Å². The Balaban J connectivity index is 2.35. The van der Waals surface area contributed by atoms with Crippen LogP contribution in [0.4, 0.5) is 0 Å². The van der Waals surface area contributed by atoms with Crippen molar-refractivity contribution < 1.29 is 4.74 Å². The second kappa shape index (κ2) is 4.91. The zero-order valence-corrected chi connectivity index (χ0v) is 11.6. The van der Waals surface area contributed by atoms with Crippen LogP contribution in [-0.2, 0) is 0 Å². The lowest BCUT2D eigenvalue weighted by atomic mass is 9.90. The molecule has 1 aromatic carbocycles. The van der Waals surface area contributed by atoms with Crippen molar-refractivity contribution in [2.45, 2.75) is 37.5 Å². The highest BCUT2D eigenvalue weighted by molar-refractivity contribution is 8.00. The van der Waals surface area contributed by atoms with E-state index < -0.39 is 0 Å². The van der Waals surface area contributed by atoms with Gasteiger partial charge in [0.2, 0.25) is 0 Å². The average molecular weight is 251 g/mol. The normalized spacial score (nSPS) is 25.9. The molecule has 2 atom stereocenters. The first-order chi connectivity index (χ1) is 8.07. The fourth-order valence-corrected chi connectivity index (χ4v) is 3.82. The molecule has 1 aliphatic rings. The molecule has 0 aromatic heterocycles. The minimum Gasteiger partial charge on any atom is -0.496 e. The smallest absolute Gasteiger partial charge is 0.123 e. The van der Waals surface area contributed by atoms with Gasteiger partial charge in [-0.3, -0.25) is 0 Å². The Labute approximate surface area is 108 Å². The summed E-state index contributed by atoms with van der Waals surface area (Å²) in [5.41, 5.74) is 8.86. The van der Waals surface area contributed by atoms with Crippen molar-refractivity contribution in [1.29, 1.82) is 0 Å². The Kier molecular flexibility index (Phi) is 3.69. The van der Waals surface area contributed by atoms with Gasteiger partial charge < -0.3 is 10.5 Å². The van der Waals surface area contributed by atoms with Crippen molar-refractivity contribution in [3.8, 4) is 5.75 Å². The average Bonchev–Trinajstić information content (AvgIpc) is 2.76. The third-order valence-electron chi connectivity index (χ3n) is 3.63. The van der Waals surface area contributed by atoms with Crippen molar-refractivity contribution in [1.82, 2.24) is 0 Å². The van der Waals surface area contributed by atoms with E-state index in [0.29, 0.717) is 0 Å². The first-order valence-corrected chi connectivity index (χ1v) is 7.09. The summed E-state index contributed by atoms with van der Waals surface area (Å²) in [6, 6.07) is 6.30.